The number of nitriles is 1. The van der Waals surface area contributed by atoms with Gasteiger partial charge in [0.1, 0.15) is 17.6 Å². The summed E-state index contributed by atoms with van der Waals surface area (Å²) < 4.78 is 5.23. The summed E-state index contributed by atoms with van der Waals surface area (Å²) in [5.41, 5.74) is 0.841. The molecule has 2 rings (SSSR count). The standard InChI is InChI=1S/C11H11N3O2/c12-7-10-2-1-9(8-15)11(13-10)14-3-5-16-6-4-14/h1-2,8H,3-6H2. The van der Waals surface area contributed by atoms with E-state index in [4.69, 9.17) is 10.00 Å². The van der Waals surface area contributed by atoms with Crippen molar-refractivity contribution in [2.45, 2.75) is 0 Å². The topological polar surface area (TPSA) is 66.2 Å². The molecule has 1 fully saturated rings. The molecule has 0 N–H and O–H groups in total. The normalized spacial score (nSPS) is 15.6. The Hall–Kier alpha value is -1.93. The number of pyridine rings is 1. The van der Waals surface area contributed by atoms with Gasteiger partial charge in [-0.05, 0) is 12.1 Å². The van der Waals surface area contributed by atoms with Crippen molar-refractivity contribution in [3.8, 4) is 6.07 Å². The first kappa shape index (κ1) is 10.6. The number of nitrogens with zero attached hydrogens (tertiary/aromatic N) is 3. The Morgan fingerprint density at radius 1 is 1.44 bits per heavy atom. The summed E-state index contributed by atoms with van der Waals surface area (Å²) in [6.45, 7) is 2.64. The maximum atomic E-state index is 10.9. The molecule has 0 aromatic carbocycles. The molecule has 0 spiro atoms. The summed E-state index contributed by atoms with van der Waals surface area (Å²) in [5.74, 6) is 0.581. The van der Waals surface area contributed by atoms with Crippen LogP contribution < -0.4 is 4.90 Å². The van der Waals surface area contributed by atoms with Gasteiger partial charge in [-0.25, -0.2) is 4.98 Å². The lowest BCUT2D eigenvalue weighted by Gasteiger charge is -2.28. The van der Waals surface area contributed by atoms with Gasteiger partial charge in [0.05, 0.1) is 18.8 Å². The van der Waals surface area contributed by atoms with Gasteiger partial charge in [-0.1, -0.05) is 0 Å². The van der Waals surface area contributed by atoms with Crippen LogP contribution in [0.1, 0.15) is 16.1 Å². The van der Waals surface area contributed by atoms with Crippen molar-refractivity contribution in [1.29, 1.82) is 5.26 Å². The minimum atomic E-state index is 0.326. The molecule has 0 unspecified atom stereocenters. The van der Waals surface area contributed by atoms with E-state index in [1.807, 2.05) is 11.0 Å². The van der Waals surface area contributed by atoms with Crippen molar-refractivity contribution in [3.63, 3.8) is 0 Å². The Morgan fingerprint density at radius 3 is 2.81 bits per heavy atom. The highest BCUT2D eigenvalue weighted by atomic mass is 16.5. The summed E-state index contributed by atoms with van der Waals surface area (Å²) in [4.78, 5) is 17.0. The Bertz CT molecular complexity index is 433. The number of carbonyl (C=O) groups excluding carboxylic acids is 1. The Labute approximate surface area is 93.3 Å². The van der Waals surface area contributed by atoms with Gasteiger partial charge >= 0.3 is 0 Å². The summed E-state index contributed by atoms with van der Waals surface area (Å²) >= 11 is 0. The molecule has 82 valence electrons. The van der Waals surface area contributed by atoms with Crippen molar-refractivity contribution >= 4 is 12.1 Å². The van der Waals surface area contributed by atoms with Crippen molar-refractivity contribution in [1.82, 2.24) is 4.98 Å². The smallest absolute Gasteiger partial charge is 0.153 e. The van der Waals surface area contributed by atoms with E-state index in [0.717, 1.165) is 6.29 Å². The van der Waals surface area contributed by atoms with Crippen LogP contribution in [0.15, 0.2) is 12.1 Å². The highest BCUT2D eigenvalue weighted by molar-refractivity contribution is 5.83. The first-order valence-electron chi connectivity index (χ1n) is 5.04. The molecule has 5 heteroatoms. The Kier molecular flexibility index (Phi) is 3.13. The van der Waals surface area contributed by atoms with Crippen molar-refractivity contribution in [2.24, 2.45) is 0 Å². The number of carbonyl (C=O) groups is 1. The van der Waals surface area contributed by atoms with Crippen LogP contribution >= 0.6 is 0 Å². The number of hydrogen-bond donors (Lipinski definition) is 0. The van der Waals surface area contributed by atoms with Crippen molar-refractivity contribution in [3.05, 3.63) is 23.4 Å². The van der Waals surface area contributed by atoms with E-state index >= 15 is 0 Å². The second-order valence-corrected chi connectivity index (χ2v) is 3.44. The predicted molar refractivity (Wildman–Crippen MR) is 57.4 cm³/mol. The van der Waals surface area contributed by atoms with Gasteiger partial charge in [0, 0.05) is 13.1 Å². The van der Waals surface area contributed by atoms with E-state index in [0.29, 0.717) is 43.4 Å². The molecule has 1 saturated heterocycles. The molecule has 0 atom stereocenters. The number of ether oxygens (including phenoxy) is 1. The minimum absolute atomic E-state index is 0.326. The highest BCUT2D eigenvalue weighted by Crippen LogP contribution is 2.17. The molecule has 1 aliphatic rings. The van der Waals surface area contributed by atoms with Crippen LogP contribution in [-0.4, -0.2) is 37.6 Å². The van der Waals surface area contributed by atoms with Crippen LogP contribution in [0.2, 0.25) is 0 Å². The Morgan fingerprint density at radius 2 is 2.19 bits per heavy atom. The van der Waals surface area contributed by atoms with E-state index in [-0.39, 0.29) is 0 Å². The van der Waals surface area contributed by atoms with E-state index in [9.17, 15) is 4.79 Å². The molecular formula is C11H11N3O2. The van der Waals surface area contributed by atoms with Gasteiger partial charge in [-0.3, -0.25) is 4.79 Å². The highest BCUT2D eigenvalue weighted by Gasteiger charge is 2.16. The lowest BCUT2D eigenvalue weighted by Crippen LogP contribution is -2.37. The van der Waals surface area contributed by atoms with Gasteiger partial charge in [0.15, 0.2) is 6.29 Å². The first-order valence-corrected chi connectivity index (χ1v) is 5.04. The SMILES string of the molecule is N#Cc1ccc(C=O)c(N2CCOCC2)n1. The minimum Gasteiger partial charge on any atom is -0.378 e. The number of hydrogen-bond acceptors (Lipinski definition) is 5. The van der Waals surface area contributed by atoms with E-state index < -0.39 is 0 Å². The zero-order valence-electron chi connectivity index (χ0n) is 8.72. The van der Waals surface area contributed by atoms with Crippen LogP contribution in [0.3, 0.4) is 0 Å². The third kappa shape index (κ3) is 2.02. The number of aromatic nitrogens is 1. The van der Waals surface area contributed by atoms with Crippen LogP contribution in [0.5, 0.6) is 0 Å². The van der Waals surface area contributed by atoms with Crippen molar-refractivity contribution < 1.29 is 9.53 Å². The molecule has 1 aliphatic heterocycles. The number of aldehydes is 1. The zero-order valence-corrected chi connectivity index (χ0v) is 8.72. The van der Waals surface area contributed by atoms with Gasteiger partial charge in [-0.15, -0.1) is 0 Å². The van der Waals surface area contributed by atoms with E-state index in [2.05, 4.69) is 4.98 Å². The number of anilines is 1. The zero-order chi connectivity index (χ0) is 11.4. The molecule has 0 amide bonds. The van der Waals surface area contributed by atoms with Gasteiger partial charge in [0.25, 0.3) is 0 Å². The van der Waals surface area contributed by atoms with Crippen LogP contribution in [0.25, 0.3) is 0 Å². The van der Waals surface area contributed by atoms with Crippen LogP contribution in [0.4, 0.5) is 5.82 Å². The fourth-order valence-electron chi connectivity index (χ4n) is 1.64. The lowest BCUT2D eigenvalue weighted by molar-refractivity contribution is 0.111. The van der Waals surface area contributed by atoms with Gasteiger partial charge in [-0.2, -0.15) is 5.26 Å². The van der Waals surface area contributed by atoms with Crippen molar-refractivity contribution in [2.75, 3.05) is 31.2 Å². The molecule has 16 heavy (non-hydrogen) atoms. The fourth-order valence-corrected chi connectivity index (χ4v) is 1.64. The molecule has 0 radical (unpaired) electrons. The quantitative estimate of drug-likeness (QED) is 0.679. The molecule has 0 saturated carbocycles. The number of morpholine rings is 1. The average Bonchev–Trinajstić information content (AvgIpc) is 2.39. The van der Waals surface area contributed by atoms with E-state index in [1.54, 1.807) is 12.1 Å². The number of rotatable bonds is 2. The van der Waals surface area contributed by atoms with E-state index in [1.165, 1.54) is 0 Å². The Balaban J connectivity index is 2.36. The molecule has 5 nitrogen and oxygen atoms in total. The molecule has 0 bridgehead atoms. The second-order valence-electron chi connectivity index (χ2n) is 3.44. The largest absolute Gasteiger partial charge is 0.378 e. The maximum absolute atomic E-state index is 10.9. The molecule has 2 heterocycles. The summed E-state index contributed by atoms with van der Waals surface area (Å²) in [6.07, 6.45) is 0.763. The molecule has 0 aliphatic carbocycles. The molecular weight excluding hydrogens is 206 g/mol. The summed E-state index contributed by atoms with van der Waals surface area (Å²) in [7, 11) is 0. The van der Waals surface area contributed by atoms with Gasteiger partial charge in [0.2, 0.25) is 0 Å². The third-order valence-corrected chi connectivity index (χ3v) is 2.46. The maximum Gasteiger partial charge on any atom is 0.153 e. The fraction of sp³-hybridized carbons (Fsp3) is 0.364. The van der Waals surface area contributed by atoms with Crippen LogP contribution in [0, 0.1) is 11.3 Å². The molecule has 1 aromatic heterocycles. The predicted octanol–water partition coefficient (Wildman–Crippen LogP) is 0.602. The van der Waals surface area contributed by atoms with Crippen LogP contribution in [-0.2, 0) is 4.74 Å². The monoisotopic (exact) mass is 217 g/mol. The summed E-state index contributed by atoms with van der Waals surface area (Å²) in [5, 5.41) is 8.78. The van der Waals surface area contributed by atoms with Gasteiger partial charge < -0.3 is 9.64 Å². The summed E-state index contributed by atoms with van der Waals surface area (Å²) in [6, 6.07) is 5.15. The molecule has 1 aromatic rings. The third-order valence-electron chi connectivity index (χ3n) is 2.46. The second kappa shape index (κ2) is 4.73. The lowest BCUT2D eigenvalue weighted by atomic mass is 10.2. The first-order chi connectivity index (χ1) is 7.85. The average molecular weight is 217 g/mol.